The van der Waals surface area contributed by atoms with E-state index in [1.165, 1.54) is 37.1 Å². The first-order chi connectivity index (χ1) is 6.90. The van der Waals surface area contributed by atoms with Gasteiger partial charge >= 0.3 is 0 Å². The summed E-state index contributed by atoms with van der Waals surface area (Å²) in [6.07, 6.45) is 6.26. The van der Waals surface area contributed by atoms with Gasteiger partial charge in [-0.3, -0.25) is 5.10 Å². The third-order valence-corrected chi connectivity index (χ3v) is 2.95. The molecule has 1 unspecified atom stereocenters. The average molecular weight is 193 g/mol. The molecule has 2 rings (SSSR count). The van der Waals surface area contributed by atoms with Gasteiger partial charge in [0, 0.05) is 5.69 Å². The molecule has 0 radical (unpaired) electrons. The van der Waals surface area contributed by atoms with E-state index in [0.717, 1.165) is 13.0 Å². The van der Waals surface area contributed by atoms with Crippen LogP contribution in [0.25, 0.3) is 0 Å². The summed E-state index contributed by atoms with van der Waals surface area (Å²) < 4.78 is 0. The topological polar surface area (TPSA) is 40.7 Å². The maximum absolute atomic E-state index is 4.36. The van der Waals surface area contributed by atoms with E-state index in [-0.39, 0.29) is 0 Å². The van der Waals surface area contributed by atoms with Gasteiger partial charge in [0.1, 0.15) is 0 Å². The van der Waals surface area contributed by atoms with Gasteiger partial charge in [-0.1, -0.05) is 19.8 Å². The zero-order valence-electron chi connectivity index (χ0n) is 8.84. The van der Waals surface area contributed by atoms with E-state index in [1.54, 1.807) is 0 Å². The molecule has 0 aromatic carbocycles. The van der Waals surface area contributed by atoms with Crippen molar-refractivity contribution >= 4 is 0 Å². The van der Waals surface area contributed by atoms with Gasteiger partial charge in [-0.05, 0) is 31.9 Å². The SMILES string of the molecule is CCc1cc(C2CCCCCN2)n[nH]1. The van der Waals surface area contributed by atoms with E-state index in [9.17, 15) is 0 Å². The minimum absolute atomic E-state index is 0.481. The lowest BCUT2D eigenvalue weighted by Gasteiger charge is -2.11. The Morgan fingerprint density at radius 1 is 1.43 bits per heavy atom. The molecular formula is C11H19N3. The van der Waals surface area contributed by atoms with Crippen molar-refractivity contribution in [1.82, 2.24) is 15.5 Å². The molecule has 1 aliphatic heterocycles. The number of rotatable bonds is 2. The molecule has 1 aromatic rings. The molecule has 0 spiro atoms. The van der Waals surface area contributed by atoms with Crippen LogP contribution in [0.4, 0.5) is 0 Å². The molecule has 1 aromatic heterocycles. The Hall–Kier alpha value is -0.830. The first kappa shape index (κ1) is 9.71. The third kappa shape index (κ3) is 2.15. The number of hydrogen-bond donors (Lipinski definition) is 2. The van der Waals surface area contributed by atoms with Gasteiger partial charge in [0.05, 0.1) is 11.7 Å². The van der Waals surface area contributed by atoms with Gasteiger partial charge in [0.15, 0.2) is 0 Å². The highest BCUT2D eigenvalue weighted by Gasteiger charge is 2.15. The van der Waals surface area contributed by atoms with E-state index < -0.39 is 0 Å². The predicted molar refractivity (Wildman–Crippen MR) is 57.2 cm³/mol. The third-order valence-electron chi connectivity index (χ3n) is 2.95. The molecule has 1 saturated heterocycles. The van der Waals surface area contributed by atoms with Crippen molar-refractivity contribution in [3.8, 4) is 0 Å². The monoisotopic (exact) mass is 193 g/mol. The molecule has 1 aliphatic rings. The van der Waals surface area contributed by atoms with E-state index in [4.69, 9.17) is 0 Å². The summed E-state index contributed by atoms with van der Waals surface area (Å²) >= 11 is 0. The Labute approximate surface area is 85.3 Å². The molecule has 0 bridgehead atoms. The maximum Gasteiger partial charge on any atom is 0.0794 e. The Kier molecular flexibility index (Phi) is 3.19. The summed E-state index contributed by atoms with van der Waals surface area (Å²) in [4.78, 5) is 0. The molecule has 0 aliphatic carbocycles. The number of aryl methyl sites for hydroxylation is 1. The second-order valence-corrected chi connectivity index (χ2v) is 4.03. The summed E-state index contributed by atoms with van der Waals surface area (Å²) in [6, 6.07) is 2.68. The van der Waals surface area contributed by atoms with Gasteiger partial charge in [0.2, 0.25) is 0 Å². The van der Waals surface area contributed by atoms with Gasteiger partial charge in [-0.25, -0.2) is 0 Å². The molecule has 0 saturated carbocycles. The minimum Gasteiger partial charge on any atom is -0.309 e. The lowest BCUT2D eigenvalue weighted by molar-refractivity contribution is 0.521. The number of aromatic amines is 1. The summed E-state index contributed by atoms with van der Waals surface area (Å²) in [5.41, 5.74) is 2.44. The van der Waals surface area contributed by atoms with Crippen molar-refractivity contribution in [1.29, 1.82) is 0 Å². The molecule has 3 nitrogen and oxygen atoms in total. The van der Waals surface area contributed by atoms with E-state index >= 15 is 0 Å². The van der Waals surface area contributed by atoms with Crippen LogP contribution in [0.15, 0.2) is 6.07 Å². The molecule has 14 heavy (non-hydrogen) atoms. The van der Waals surface area contributed by atoms with Crippen molar-refractivity contribution in [3.05, 3.63) is 17.5 Å². The van der Waals surface area contributed by atoms with Gasteiger partial charge in [0.25, 0.3) is 0 Å². The Bertz CT molecular complexity index is 272. The number of aromatic nitrogens is 2. The predicted octanol–water partition coefficient (Wildman–Crippen LogP) is 2.18. The lowest BCUT2D eigenvalue weighted by Crippen LogP contribution is -2.20. The first-order valence-corrected chi connectivity index (χ1v) is 5.67. The fourth-order valence-corrected chi connectivity index (χ4v) is 2.02. The number of hydrogen-bond acceptors (Lipinski definition) is 2. The maximum atomic E-state index is 4.36. The summed E-state index contributed by atoms with van der Waals surface area (Å²) in [5.74, 6) is 0. The molecule has 3 heteroatoms. The first-order valence-electron chi connectivity index (χ1n) is 5.67. The number of H-pyrrole nitrogens is 1. The quantitative estimate of drug-likeness (QED) is 0.755. The average Bonchev–Trinajstić information content (AvgIpc) is 2.53. The summed E-state index contributed by atoms with van der Waals surface area (Å²) in [5, 5.41) is 11.0. The van der Waals surface area contributed by atoms with Crippen LogP contribution in [-0.4, -0.2) is 16.7 Å². The fourth-order valence-electron chi connectivity index (χ4n) is 2.02. The smallest absolute Gasteiger partial charge is 0.0794 e. The molecular weight excluding hydrogens is 174 g/mol. The van der Waals surface area contributed by atoms with Gasteiger partial charge in [-0.15, -0.1) is 0 Å². The van der Waals surface area contributed by atoms with Crippen molar-refractivity contribution in [2.45, 2.75) is 45.1 Å². The molecule has 1 fully saturated rings. The van der Waals surface area contributed by atoms with Crippen LogP contribution in [0.1, 0.15) is 50.0 Å². The number of nitrogens with zero attached hydrogens (tertiary/aromatic N) is 1. The Morgan fingerprint density at radius 2 is 2.36 bits per heavy atom. The highest BCUT2D eigenvalue weighted by molar-refractivity contribution is 5.12. The van der Waals surface area contributed by atoms with E-state index in [1.807, 2.05) is 0 Å². The minimum atomic E-state index is 0.481. The Balaban J connectivity index is 2.04. The van der Waals surface area contributed by atoms with Crippen LogP contribution in [-0.2, 0) is 6.42 Å². The van der Waals surface area contributed by atoms with Crippen molar-refractivity contribution in [2.75, 3.05) is 6.54 Å². The Morgan fingerprint density at radius 3 is 3.14 bits per heavy atom. The zero-order valence-corrected chi connectivity index (χ0v) is 8.84. The van der Waals surface area contributed by atoms with Crippen LogP contribution in [0, 0.1) is 0 Å². The van der Waals surface area contributed by atoms with Crippen LogP contribution < -0.4 is 5.32 Å². The molecule has 1 atom stereocenters. The molecule has 0 amide bonds. The normalized spacial score (nSPS) is 23.4. The highest BCUT2D eigenvalue weighted by atomic mass is 15.1. The van der Waals surface area contributed by atoms with E-state index in [0.29, 0.717) is 6.04 Å². The number of nitrogens with one attached hydrogen (secondary N) is 2. The van der Waals surface area contributed by atoms with E-state index in [2.05, 4.69) is 28.5 Å². The summed E-state index contributed by atoms with van der Waals surface area (Å²) in [6.45, 7) is 3.29. The van der Waals surface area contributed by atoms with Crippen LogP contribution in [0.3, 0.4) is 0 Å². The molecule has 2 heterocycles. The van der Waals surface area contributed by atoms with Crippen LogP contribution in [0.5, 0.6) is 0 Å². The standard InChI is InChI=1S/C11H19N3/c1-2-9-8-11(14-13-9)10-6-4-3-5-7-12-10/h8,10,12H,2-7H2,1H3,(H,13,14). The zero-order chi connectivity index (χ0) is 9.80. The lowest BCUT2D eigenvalue weighted by atomic mass is 10.1. The van der Waals surface area contributed by atoms with Gasteiger partial charge < -0.3 is 5.32 Å². The second kappa shape index (κ2) is 4.60. The van der Waals surface area contributed by atoms with Crippen molar-refractivity contribution < 1.29 is 0 Å². The fraction of sp³-hybridized carbons (Fsp3) is 0.727. The van der Waals surface area contributed by atoms with Crippen LogP contribution in [0.2, 0.25) is 0 Å². The van der Waals surface area contributed by atoms with Crippen molar-refractivity contribution in [3.63, 3.8) is 0 Å². The second-order valence-electron chi connectivity index (χ2n) is 4.03. The molecule has 2 N–H and O–H groups in total. The highest BCUT2D eigenvalue weighted by Crippen LogP contribution is 2.21. The largest absolute Gasteiger partial charge is 0.309 e. The van der Waals surface area contributed by atoms with Crippen LogP contribution >= 0.6 is 0 Å². The van der Waals surface area contributed by atoms with Gasteiger partial charge in [-0.2, -0.15) is 5.10 Å². The van der Waals surface area contributed by atoms with Crippen molar-refractivity contribution in [2.24, 2.45) is 0 Å². The molecule has 78 valence electrons. The summed E-state index contributed by atoms with van der Waals surface area (Å²) in [7, 11) is 0.